The third-order valence-corrected chi connectivity index (χ3v) is 3.25. The molecule has 0 aliphatic rings. The summed E-state index contributed by atoms with van der Waals surface area (Å²) >= 11 is 1.37. The zero-order valence-corrected chi connectivity index (χ0v) is 10.7. The van der Waals surface area contributed by atoms with Crippen molar-refractivity contribution in [2.24, 2.45) is 0 Å². The van der Waals surface area contributed by atoms with Crippen molar-refractivity contribution < 1.29 is 19.1 Å². The summed E-state index contributed by atoms with van der Waals surface area (Å²) in [6.07, 6.45) is 0. The van der Waals surface area contributed by atoms with Crippen molar-refractivity contribution in [3.05, 3.63) is 35.6 Å². The number of carbonyl (C=O) groups excluding carboxylic acids is 1. The van der Waals surface area contributed by atoms with Gasteiger partial charge in [-0.15, -0.1) is 0 Å². The molecule has 0 aliphatic carbocycles. The Balaban J connectivity index is 2.41. The molecule has 1 atom stereocenters. The standard InChI is InChI=1S/C12H14FNO3S/c1-8(15)14-11(12(16)17)7-18-6-9-2-4-10(13)5-3-9/h2-5,11H,6-7H2,1H3,(H,14,15)(H,16,17)/t11-/m0/s1. The third kappa shape index (κ3) is 5.18. The lowest BCUT2D eigenvalue weighted by molar-refractivity contribution is -0.140. The summed E-state index contributed by atoms with van der Waals surface area (Å²) in [6, 6.07) is 5.12. The number of nitrogens with one attached hydrogen (secondary N) is 1. The van der Waals surface area contributed by atoms with Gasteiger partial charge < -0.3 is 10.4 Å². The van der Waals surface area contributed by atoms with Crippen LogP contribution in [0.1, 0.15) is 12.5 Å². The fraction of sp³-hybridized carbons (Fsp3) is 0.333. The van der Waals surface area contributed by atoms with Crippen LogP contribution < -0.4 is 5.32 Å². The van der Waals surface area contributed by atoms with Gasteiger partial charge in [0.25, 0.3) is 0 Å². The molecular formula is C12H14FNO3S. The van der Waals surface area contributed by atoms with Gasteiger partial charge in [0.2, 0.25) is 5.91 Å². The van der Waals surface area contributed by atoms with Crippen LogP contribution in [0.25, 0.3) is 0 Å². The first-order valence-corrected chi connectivity index (χ1v) is 6.46. The average Bonchev–Trinajstić information content (AvgIpc) is 2.29. The summed E-state index contributed by atoms with van der Waals surface area (Å²) in [5, 5.41) is 11.2. The number of hydrogen-bond donors (Lipinski definition) is 2. The molecule has 0 spiro atoms. The molecule has 1 rings (SSSR count). The number of carboxylic acids is 1. The molecule has 0 aliphatic heterocycles. The first-order chi connectivity index (χ1) is 8.49. The summed E-state index contributed by atoms with van der Waals surface area (Å²) in [7, 11) is 0. The quantitative estimate of drug-likeness (QED) is 0.825. The van der Waals surface area contributed by atoms with Gasteiger partial charge in [0, 0.05) is 18.4 Å². The van der Waals surface area contributed by atoms with Gasteiger partial charge in [-0.05, 0) is 17.7 Å². The zero-order chi connectivity index (χ0) is 13.5. The lowest BCUT2D eigenvalue weighted by Gasteiger charge is -2.12. The molecule has 98 valence electrons. The van der Waals surface area contributed by atoms with Crippen molar-refractivity contribution in [1.82, 2.24) is 5.32 Å². The van der Waals surface area contributed by atoms with E-state index in [0.717, 1.165) is 5.56 Å². The highest BCUT2D eigenvalue weighted by molar-refractivity contribution is 7.98. The molecular weight excluding hydrogens is 257 g/mol. The zero-order valence-electron chi connectivity index (χ0n) is 9.85. The van der Waals surface area contributed by atoms with Crippen molar-refractivity contribution in [2.75, 3.05) is 5.75 Å². The summed E-state index contributed by atoms with van der Waals surface area (Å²) < 4.78 is 12.7. The van der Waals surface area contributed by atoms with E-state index in [-0.39, 0.29) is 17.5 Å². The topological polar surface area (TPSA) is 66.4 Å². The molecule has 1 aromatic rings. The second-order valence-electron chi connectivity index (χ2n) is 3.73. The highest BCUT2D eigenvalue weighted by Gasteiger charge is 2.17. The van der Waals surface area contributed by atoms with Crippen molar-refractivity contribution in [3.8, 4) is 0 Å². The van der Waals surface area contributed by atoms with E-state index < -0.39 is 12.0 Å². The van der Waals surface area contributed by atoms with Crippen LogP contribution in [0, 0.1) is 5.82 Å². The molecule has 0 radical (unpaired) electrons. The van der Waals surface area contributed by atoms with Crippen LogP contribution in [0.5, 0.6) is 0 Å². The SMILES string of the molecule is CC(=O)N[C@@H](CSCc1ccc(F)cc1)C(=O)O. The number of rotatable bonds is 6. The number of halogens is 1. The first kappa shape index (κ1) is 14.5. The fourth-order valence-corrected chi connectivity index (χ4v) is 2.30. The Morgan fingerprint density at radius 2 is 2.00 bits per heavy atom. The summed E-state index contributed by atoms with van der Waals surface area (Å²) in [6.45, 7) is 1.28. The Morgan fingerprint density at radius 3 is 2.50 bits per heavy atom. The maximum atomic E-state index is 12.7. The molecule has 6 heteroatoms. The van der Waals surface area contributed by atoms with Crippen molar-refractivity contribution in [1.29, 1.82) is 0 Å². The molecule has 1 amide bonds. The van der Waals surface area contributed by atoms with Crippen molar-refractivity contribution >= 4 is 23.6 Å². The normalized spacial score (nSPS) is 11.9. The predicted molar refractivity (Wildman–Crippen MR) is 67.8 cm³/mol. The number of benzene rings is 1. The molecule has 0 heterocycles. The highest BCUT2D eigenvalue weighted by Crippen LogP contribution is 2.13. The Kier molecular flexibility index (Phi) is 5.64. The van der Waals surface area contributed by atoms with E-state index in [2.05, 4.69) is 5.32 Å². The molecule has 0 aromatic heterocycles. The van der Waals surface area contributed by atoms with Crippen LogP contribution >= 0.6 is 11.8 Å². The van der Waals surface area contributed by atoms with Crippen LogP contribution in [0.2, 0.25) is 0 Å². The lowest BCUT2D eigenvalue weighted by Crippen LogP contribution is -2.41. The van der Waals surface area contributed by atoms with Gasteiger partial charge in [0.05, 0.1) is 0 Å². The number of aliphatic carboxylic acids is 1. The number of amides is 1. The molecule has 0 saturated heterocycles. The van der Waals surface area contributed by atoms with Gasteiger partial charge in [0.15, 0.2) is 0 Å². The van der Waals surface area contributed by atoms with E-state index in [0.29, 0.717) is 5.75 Å². The monoisotopic (exact) mass is 271 g/mol. The smallest absolute Gasteiger partial charge is 0.327 e. The van der Waals surface area contributed by atoms with E-state index in [1.807, 2.05) is 0 Å². The fourth-order valence-electron chi connectivity index (χ4n) is 1.30. The number of hydrogen-bond acceptors (Lipinski definition) is 3. The Labute approximate surface area is 109 Å². The Morgan fingerprint density at radius 1 is 1.39 bits per heavy atom. The van der Waals surface area contributed by atoms with Gasteiger partial charge in [-0.2, -0.15) is 11.8 Å². The molecule has 4 nitrogen and oxygen atoms in total. The molecule has 2 N–H and O–H groups in total. The average molecular weight is 271 g/mol. The molecule has 0 saturated carbocycles. The van der Waals surface area contributed by atoms with Gasteiger partial charge in [-0.1, -0.05) is 12.1 Å². The van der Waals surface area contributed by atoms with Gasteiger partial charge in [0.1, 0.15) is 11.9 Å². The maximum Gasteiger partial charge on any atom is 0.327 e. The largest absolute Gasteiger partial charge is 0.480 e. The van der Waals surface area contributed by atoms with Crippen LogP contribution in [0.15, 0.2) is 24.3 Å². The second kappa shape index (κ2) is 7.00. The predicted octanol–water partition coefficient (Wildman–Crippen LogP) is 1.65. The van der Waals surface area contributed by atoms with Gasteiger partial charge in [-0.3, -0.25) is 4.79 Å². The minimum Gasteiger partial charge on any atom is -0.480 e. The van der Waals surface area contributed by atoms with E-state index in [9.17, 15) is 14.0 Å². The van der Waals surface area contributed by atoms with Crippen LogP contribution in [0.3, 0.4) is 0 Å². The summed E-state index contributed by atoms with van der Waals surface area (Å²) in [4.78, 5) is 21.6. The Hall–Kier alpha value is -1.56. The molecule has 0 fully saturated rings. The molecule has 1 aromatic carbocycles. The minimum atomic E-state index is -1.06. The van der Waals surface area contributed by atoms with E-state index >= 15 is 0 Å². The van der Waals surface area contributed by atoms with Crippen molar-refractivity contribution in [3.63, 3.8) is 0 Å². The third-order valence-electron chi connectivity index (χ3n) is 2.14. The number of carbonyl (C=O) groups is 2. The van der Waals surface area contributed by atoms with Crippen LogP contribution in [-0.2, 0) is 15.3 Å². The highest BCUT2D eigenvalue weighted by atomic mass is 32.2. The van der Waals surface area contributed by atoms with Crippen LogP contribution in [-0.4, -0.2) is 28.8 Å². The van der Waals surface area contributed by atoms with Gasteiger partial charge in [-0.25, -0.2) is 9.18 Å². The number of thioether (sulfide) groups is 1. The minimum absolute atomic E-state index is 0.270. The maximum absolute atomic E-state index is 12.7. The summed E-state index contributed by atoms with van der Waals surface area (Å²) in [5.41, 5.74) is 0.911. The Bertz CT molecular complexity index is 422. The molecule has 18 heavy (non-hydrogen) atoms. The first-order valence-electron chi connectivity index (χ1n) is 5.31. The van der Waals surface area contributed by atoms with Crippen LogP contribution in [0.4, 0.5) is 4.39 Å². The molecule has 0 unspecified atom stereocenters. The summed E-state index contributed by atoms with van der Waals surface area (Å²) in [5.74, 6) is -0.886. The molecule has 0 bridgehead atoms. The van der Waals surface area contributed by atoms with E-state index in [1.54, 1.807) is 12.1 Å². The lowest BCUT2D eigenvalue weighted by atomic mass is 10.2. The van der Waals surface area contributed by atoms with E-state index in [4.69, 9.17) is 5.11 Å². The van der Waals surface area contributed by atoms with Crippen molar-refractivity contribution in [2.45, 2.75) is 18.7 Å². The van der Waals surface area contributed by atoms with Gasteiger partial charge >= 0.3 is 5.97 Å². The second-order valence-corrected chi connectivity index (χ2v) is 4.76. The van der Waals surface area contributed by atoms with E-state index in [1.165, 1.54) is 30.8 Å². The number of carboxylic acid groups (broad SMARTS) is 1.